The van der Waals surface area contributed by atoms with Crippen LogP contribution in [0.3, 0.4) is 0 Å². The smallest absolute Gasteiger partial charge is 0.137 e. The number of rotatable bonds is 6. The van der Waals surface area contributed by atoms with Crippen molar-refractivity contribution in [3.63, 3.8) is 0 Å². The minimum atomic E-state index is -0.127. The number of halogens is 1. The second kappa shape index (κ2) is 6.83. The zero-order valence-corrected chi connectivity index (χ0v) is 11.7. The van der Waals surface area contributed by atoms with Crippen LogP contribution in [0.5, 0.6) is 11.5 Å². The first-order valence-corrected chi connectivity index (χ1v) is 6.21. The molecule has 0 saturated carbocycles. The molecule has 0 unspecified atom stereocenters. The number of nitrogens with two attached hydrogens (primary N) is 1. The monoisotopic (exact) mass is 303 g/mol. The maximum absolute atomic E-state index is 8.80. The van der Waals surface area contributed by atoms with Crippen molar-refractivity contribution in [2.45, 2.75) is 18.9 Å². The molecule has 0 aliphatic heterocycles. The zero-order chi connectivity index (χ0) is 12.8. The topological polar surface area (TPSA) is 64.7 Å². The van der Waals surface area contributed by atoms with Crippen LogP contribution in [0.4, 0.5) is 0 Å². The molecule has 0 fully saturated rings. The summed E-state index contributed by atoms with van der Waals surface area (Å²) in [6.45, 7) is 0.151. The second-order valence-corrected chi connectivity index (χ2v) is 4.50. The number of ether oxygens (including phenoxy) is 2. The number of methoxy groups -OCH3 is 2. The third-order valence-electron chi connectivity index (χ3n) is 2.57. The average Bonchev–Trinajstić information content (AvgIpc) is 2.36. The molecule has 1 aromatic carbocycles. The molecular weight excluding hydrogens is 286 g/mol. The predicted molar refractivity (Wildman–Crippen MR) is 70.5 cm³/mol. The summed E-state index contributed by atoms with van der Waals surface area (Å²) in [4.78, 5) is 0. The van der Waals surface area contributed by atoms with E-state index in [1.165, 1.54) is 0 Å². The normalized spacial score (nSPS) is 12.3. The van der Waals surface area contributed by atoms with E-state index in [-0.39, 0.29) is 12.6 Å². The molecule has 5 heteroatoms. The van der Waals surface area contributed by atoms with Crippen molar-refractivity contribution in [3.8, 4) is 11.5 Å². The minimum absolute atomic E-state index is 0.127. The summed E-state index contributed by atoms with van der Waals surface area (Å²) in [7, 11) is 3.20. The van der Waals surface area contributed by atoms with E-state index in [9.17, 15) is 0 Å². The molecule has 0 aliphatic rings. The molecule has 1 atom stereocenters. The van der Waals surface area contributed by atoms with Crippen LogP contribution >= 0.6 is 15.9 Å². The van der Waals surface area contributed by atoms with E-state index >= 15 is 0 Å². The van der Waals surface area contributed by atoms with E-state index in [2.05, 4.69) is 15.9 Å². The highest BCUT2D eigenvalue weighted by atomic mass is 79.9. The van der Waals surface area contributed by atoms with Crippen molar-refractivity contribution in [1.82, 2.24) is 0 Å². The molecule has 1 aromatic rings. The molecule has 0 aliphatic carbocycles. The van der Waals surface area contributed by atoms with Crippen molar-refractivity contribution in [3.05, 3.63) is 22.2 Å². The van der Waals surface area contributed by atoms with Gasteiger partial charge in [-0.15, -0.1) is 0 Å². The third-order valence-corrected chi connectivity index (χ3v) is 3.35. The van der Waals surface area contributed by atoms with Crippen molar-refractivity contribution < 1.29 is 14.6 Å². The van der Waals surface area contributed by atoms with Gasteiger partial charge in [-0.2, -0.15) is 0 Å². The molecule has 0 radical (unpaired) electrons. The first-order valence-electron chi connectivity index (χ1n) is 5.41. The van der Waals surface area contributed by atoms with Crippen molar-refractivity contribution in [2.24, 2.45) is 5.73 Å². The van der Waals surface area contributed by atoms with Crippen LogP contribution in [0.2, 0.25) is 0 Å². The van der Waals surface area contributed by atoms with Crippen LogP contribution in [0.15, 0.2) is 16.6 Å². The lowest BCUT2D eigenvalue weighted by atomic mass is 10.0. The van der Waals surface area contributed by atoms with E-state index in [1.807, 2.05) is 12.1 Å². The maximum atomic E-state index is 8.80. The molecule has 96 valence electrons. The minimum Gasteiger partial charge on any atom is -0.495 e. The molecule has 0 aromatic heterocycles. The third kappa shape index (κ3) is 3.59. The maximum Gasteiger partial charge on any atom is 0.137 e. The summed E-state index contributed by atoms with van der Waals surface area (Å²) in [5, 5.41) is 8.80. The van der Waals surface area contributed by atoms with Gasteiger partial charge < -0.3 is 20.3 Å². The lowest BCUT2D eigenvalue weighted by molar-refractivity contribution is 0.280. The van der Waals surface area contributed by atoms with Gasteiger partial charge in [0.1, 0.15) is 16.0 Å². The number of aliphatic hydroxyl groups is 1. The van der Waals surface area contributed by atoms with Gasteiger partial charge in [0.15, 0.2) is 0 Å². The lowest BCUT2D eigenvalue weighted by Crippen LogP contribution is -2.11. The van der Waals surface area contributed by atoms with Crippen molar-refractivity contribution >= 4 is 15.9 Å². The van der Waals surface area contributed by atoms with Crippen LogP contribution in [0.25, 0.3) is 0 Å². The number of hydrogen-bond acceptors (Lipinski definition) is 4. The highest BCUT2D eigenvalue weighted by molar-refractivity contribution is 9.10. The zero-order valence-electron chi connectivity index (χ0n) is 10.1. The number of aliphatic hydroxyl groups excluding tert-OH is 1. The lowest BCUT2D eigenvalue weighted by Gasteiger charge is -2.16. The Kier molecular flexibility index (Phi) is 5.74. The van der Waals surface area contributed by atoms with Gasteiger partial charge in [-0.1, -0.05) is 0 Å². The van der Waals surface area contributed by atoms with Crippen molar-refractivity contribution in [2.75, 3.05) is 20.8 Å². The predicted octanol–water partition coefficient (Wildman–Crippen LogP) is 2.24. The van der Waals surface area contributed by atoms with Crippen LogP contribution in [0, 0.1) is 0 Å². The van der Waals surface area contributed by atoms with Crippen LogP contribution in [0.1, 0.15) is 24.4 Å². The standard InChI is InChI=1S/C12H18BrNO3/c1-16-10-6-8(9(14)4-3-5-15)7-11(17-2)12(10)13/h6-7,9,15H,3-5,14H2,1-2H3/t9-/m1/s1. The number of hydrogen-bond donors (Lipinski definition) is 2. The quantitative estimate of drug-likeness (QED) is 0.846. The highest BCUT2D eigenvalue weighted by Crippen LogP contribution is 2.37. The summed E-state index contributed by atoms with van der Waals surface area (Å²) in [6.07, 6.45) is 1.41. The Hall–Kier alpha value is -0.780. The molecule has 0 amide bonds. The first kappa shape index (κ1) is 14.3. The SMILES string of the molecule is COc1cc([C@H](N)CCCO)cc(OC)c1Br. The van der Waals surface area contributed by atoms with Crippen LogP contribution in [-0.4, -0.2) is 25.9 Å². The molecule has 0 bridgehead atoms. The summed E-state index contributed by atoms with van der Waals surface area (Å²) < 4.78 is 11.3. The van der Waals surface area contributed by atoms with Gasteiger partial charge in [-0.05, 0) is 46.5 Å². The van der Waals surface area contributed by atoms with Gasteiger partial charge in [0.05, 0.1) is 14.2 Å². The number of benzene rings is 1. The Bertz CT molecular complexity index is 346. The molecule has 17 heavy (non-hydrogen) atoms. The molecular formula is C12H18BrNO3. The Morgan fingerprint density at radius 2 is 1.82 bits per heavy atom. The van der Waals surface area contributed by atoms with Crippen molar-refractivity contribution in [1.29, 1.82) is 0 Å². The van der Waals surface area contributed by atoms with Gasteiger partial charge in [0.25, 0.3) is 0 Å². The Labute approximate surface area is 110 Å². The second-order valence-electron chi connectivity index (χ2n) is 3.71. The van der Waals surface area contributed by atoms with Gasteiger partial charge in [0, 0.05) is 12.6 Å². The fourth-order valence-electron chi connectivity index (χ4n) is 1.58. The van der Waals surface area contributed by atoms with E-state index < -0.39 is 0 Å². The summed E-state index contributed by atoms with van der Waals surface area (Å²) >= 11 is 3.41. The molecule has 1 rings (SSSR count). The van der Waals surface area contributed by atoms with Gasteiger partial charge in [0.2, 0.25) is 0 Å². The average molecular weight is 304 g/mol. The molecule has 0 heterocycles. The molecule has 4 nitrogen and oxygen atoms in total. The van der Waals surface area contributed by atoms with E-state index in [4.69, 9.17) is 20.3 Å². The first-order chi connectivity index (χ1) is 8.13. The summed E-state index contributed by atoms with van der Waals surface area (Å²) in [6, 6.07) is 3.64. The van der Waals surface area contributed by atoms with E-state index in [1.54, 1.807) is 14.2 Å². The Balaban J connectivity index is 2.99. The van der Waals surface area contributed by atoms with E-state index in [0.717, 1.165) is 16.5 Å². The molecule has 0 saturated heterocycles. The molecule has 0 spiro atoms. The Morgan fingerprint density at radius 3 is 2.24 bits per heavy atom. The molecule has 3 N–H and O–H groups in total. The highest BCUT2D eigenvalue weighted by Gasteiger charge is 2.13. The fourth-order valence-corrected chi connectivity index (χ4v) is 2.13. The summed E-state index contributed by atoms with van der Waals surface area (Å²) in [5.41, 5.74) is 6.98. The largest absolute Gasteiger partial charge is 0.495 e. The Morgan fingerprint density at radius 1 is 1.29 bits per heavy atom. The summed E-state index contributed by atoms with van der Waals surface area (Å²) in [5.74, 6) is 1.39. The van der Waals surface area contributed by atoms with Crippen LogP contribution < -0.4 is 15.2 Å². The van der Waals surface area contributed by atoms with Gasteiger partial charge in [-0.3, -0.25) is 0 Å². The van der Waals surface area contributed by atoms with E-state index in [0.29, 0.717) is 17.9 Å². The van der Waals surface area contributed by atoms with Gasteiger partial charge >= 0.3 is 0 Å². The van der Waals surface area contributed by atoms with Gasteiger partial charge in [-0.25, -0.2) is 0 Å². The van der Waals surface area contributed by atoms with Crippen LogP contribution in [-0.2, 0) is 0 Å². The fraction of sp³-hybridized carbons (Fsp3) is 0.500.